The van der Waals surface area contributed by atoms with Gasteiger partial charge in [-0.1, -0.05) is 72.6 Å². The summed E-state index contributed by atoms with van der Waals surface area (Å²) in [4.78, 5) is 23.1. The minimum absolute atomic E-state index is 0.124. The number of ether oxygens (including phenoxy) is 2. The summed E-state index contributed by atoms with van der Waals surface area (Å²) in [6, 6.07) is 0. The van der Waals surface area contributed by atoms with Crippen LogP contribution in [-0.4, -0.2) is 24.6 Å². The highest BCUT2D eigenvalue weighted by Crippen LogP contribution is 2.21. The lowest BCUT2D eigenvalue weighted by Gasteiger charge is -2.26. The van der Waals surface area contributed by atoms with E-state index >= 15 is 0 Å². The molecule has 140 valence electrons. The van der Waals surface area contributed by atoms with Crippen LogP contribution in [0.15, 0.2) is 12.2 Å². The van der Waals surface area contributed by atoms with Gasteiger partial charge in [0.25, 0.3) is 0 Å². The van der Waals surface area contributed by atoms with Crippen LogP contribution in [0.25, 0.3) is 0 Å². The van der Waals surface area contributed by atoms with Crippen LogP contribution in [-0.2, 0) is 19.1 Å². The fraction of sp³-hybridized carbons (Fsp3) is 0.800. The van der Waals surface area contributed by atoms with Gasteiger partial charge in [0, 0.05) is 12.2 Å². The van der Waals surface area contributed by atoms with Crippen LogP contribution in [0.3, 0.4) is 0 Å². The molecule has 4 heteroatoms. The van der Waals surface area contributed by atoms with Crippen molar-refractivity contribution in [2.24, 2.45) is 5.41 Å². The highest BCUT2D eigenvalue weighted by atomic mass is 16.5. The third-order valence-corrected chi connectivity index (χ3v) is 4.11. The molecule has 0 spiro atoms. The summed E-state index contributed by atoms with van der Waals surface area (Å²) >= 11 is 0. The Morgan fingerprint density at radius 1 is 0.875 bits per heavy atom. The summed E-state index contributed by atoms with van der Waals surface area (Å²) in [5.41, 5.74) is -0.124. The van der Waals surface area contributed by atoms with E-state index in [0.717, 1.165) is 25.0 Å². The maximum atomic E-state index is 11.6. The molecule has 0 radical (unpaired) electrons. The molecule has 0 saturated heterocycles. The topological polar surface area (TPSA) is 52.6 Å². The molecular weight excluding hydrogens is 304 g/mol. The van der Waals surface area contributed by atoms with Gasteiger partial charge < -0.3 is 9.47 Å². The molecule has 1 unspecified atom stereocenters. The van der Waals surface area contributed by atoms with Gasteiger partial charge in [0.2, 0.25) is 0 Å². The first-order valence-corrected chi connectivity index (χ1v) is 9.32. The van der Waals surface area contributed by atoms with Crippen molar-refractivity contribution in [3.8, 4) is 0 Å². The van der Waals surface area contributed by atoms with E-state index in [9.17, 15) is 9.59 Å². The molecule has 0 aromatic heterocycles. The quantitative estimate of drug-likeness (QED) is 0.278. The number of unbranched alkanes of at least 4 members (excludes halogenated alkanes) is 7. The van der Waals surface area contributed by atoms with E-state index in [4.69, 9.17) is 9.47 Å². The van der Waals surface area contributed by atoms with Crippen molar-refractivity contribution < 1.29 is 19.1 Å². The van der Waals surface area contributed by atoms with E-state index in [1.54, 1.807) is 0 Å². The lowest BCUT2D eigenvalue weighted by atomic mass is 9.90. The van der Waals surface area contributed by atoms with E-state index in [1.165, 1.54) is 38.5 Å². The summed E-state index contributed by atoms with van der Waals surface area (Å²) in [6.07, 6.45) is 11.7. The normalized spacial score (nSPS) is 13.0. The van der Waals surface area contributed by atoms with E-state index in [0.29, 0.717) is 6.61 Å². The first kappa shape index (κ1) is 22.7. The second-order valence-corrected chi connectivity index (χ2v) is 7.42. The van der Waals surface area contributed by atoms with Gasteiger partial charge in [-0.25, -0.2) is 9.59 Å². The van der Waals surface area contributed by atoms with Gasteiger partial charge in [0.15, 0.2) is 0 Å². The van der Waals surface area contributed by atoms with Crippen molar-refractivity contribution in [3.63, 3.8) is 0 Å². The summed E-state index contributed by atoms with van der Waals surface area (Å²) < 4.78 is 10.3. The van der Waals surface area contributed by atoms with Crippen LogP contribution in [0.5, 0.6) is 0 Å². The van der Waals surface area contributed by atoms with Gasteiger partial charge in [0.05, 0.1) is 6.61 Å². The zero-order valence-corrected chi connectivity index (χ0v) is 16.2. The smallest absolute Gasteiger partial charge is 0.331 e. The Balaban J connectivity index is 3.69. The second-order valence-electron chi connectivity index (χ2n) is 7.42. The Bertz CT molecular complexity index is 380. The van der Waals surface area contributed by atoms with Crippen molar-refractivity contribution in [1.29, 1.82) is 0 Å². The molecule has 0 aliphatic heterocycles. The van der Waals surface area contributed by atoms with E-state index in [1.807, 2.05) is 27.7 Å². The molecule has 0 aromatic rings. The summed E-state index contributed by atoms with van der Waals surface area (Å²) in [7, 11) is 0. The number of hydrogen-bond acceptors (Lipinski definition) is 4. The summed E-state index contributed by atoms with van der Waals surface area (Å²) in [5.74, 6) is -1.00. The summed E-state index contributed by atoms with van der Waals surface area (Å²) in [5, 5.41) is 0. The molecule has 0 aromatic carbocycles. The van der Waals surface area contributed by atoms with Gasteiger partial charge in [-0.05, 0) is 18.8 Å². The number of carbonyl (C=O) groups is 2. The molecule has 0 bridgehead atoms. The lowest BCUT2D eigenvalue weighted by Crippen LogP contribution is -2.28. The molecule has 24 heavy (non-hydrogen) atoms. The minimum atomic E-state index is -0.513. The van der Waals surface area contributed by atoms with Gasteiger partial charge in [0.1, 0.15) is 6.10 Å². The Kier molecular flexibility index (Phi) is 12.3. The first-order valence-electron chi connectivity index (χ1n) is 9.32. The van der Waals surface area contributed by atoms with Crippen molar-refractivity contribution in [2.75, 3.05) is 6.61 Å². The van der Waals surface area contributed by atoms with Crippen LogP contribution >= 0.6 is 0 Å². The molecule has 0 N–H and O–H groups in total. The zero-order valence-electron chi connectivity index (χ0n) is 16.2. The molecule has 1 atom stereocenters. The fourth-order valence-corrected chi connectivity index (χ4v) is 1.98. The zero-order chi connectivity index (χ0) is 18.4. The highest BCUT2D eigenvalue weighted by Gasteiger charge is 2.22. The van der Waals surface area contributed by atoms with E-state index in [-0.39, 0.29) is 11.5 Å². The van der Waals surface area contributed by atoms with Crippen LogP contribution in [0, 0.1) is 5.41 Å². The van der Waals surface area contributed by atoms with Gasteiger partial charge >= 0.3 is 11.9 Å². The van der Waals surface area contributed by atoms with Crippen molar-refractivity contribution in [2.45, 2.75) is 92.1 Å². The van der Waals surface area contributed by atoms with Crippen molar-refractivity contribution in [1.82, 2.24) is 0 Å². The number of hydrogen-bond donors (Lipinski definition) is 0. The first-order chi connectivity index (χ1) is 11.3. The van der Waals surface area contributed by atoms with Crippen LogP contribution in [0.4, 0.5) is 0 Å². The molecule has 0 aliphatic carbocycles. The Labute approximate surface area is 148 Å². The number of rotatable bonds is 12. The standard InChI is InChI=1S/C20H36O4/c1-6-7-8-9-10-11-12-13-16-23-18(21)14-15-19(22)24-17(2)20(3,4)5/h14-15,17H,6-13,16H2,1-5H3/b15-14+. The molecule has 0 aliphatic rings. The average molecular weight is 341 g/mol. The summed E-state index contributed by atoms with van der Waals surface area (Å²) in [6.45, 7) is 10.4. The van der Waals surface area contributed by atoms with Gasteiger partial charge in [-0.15, -0.1) is 0 Å². The number of esters is 2. The molecule has 0 amide bonds. The third-order valence-electron chi connectivity index (χ3n) is 4.11. The van der Waals surface area contributed by atoms with Crippen molar-refractivity contribution >= 4 is 11.9 Å². The molecular formula is C20H36O4. The molecule has 0 rings (SSSR count). The average Bonchev–Trinajstić information content (AvgIpc) is 2.50. The minimum Gasteiger partial charge on any atom is -0.463 e. The maximum Gasteiger partial charge on any atom is 0.331 e. The SMILES string of the molecule is CCCCCCCCCCOC(=O)/C=C/C(=O)OC(C)C(C)(C)C. The highest BCUT2D eigenvalue weighted by molar-refractivity contribution is 5.91. The molecule has 0 fully saturated rings. The molecule has 0 heterocycles. The predicted molar refractivity (Wildman–Crippen MR) is 97.7 cm³/mol. The molecule has 4 nitrogen and oxygen atoms in total. The van der Waals surface area contributed by atoms with Gasteiger partial charge in [-0.2, -0.15) is 0 Å². The Morgan fingerprint density at radius 3 is 1.92 bits per heavy atom. The van der Waals surface area contributed by atoms with Crippen LogP contribution in [0.2, 0.25) is 0 Å². The lowest BCUT2D eigenvalue weighted by molar-refractivity contribution is -0.147. The molecule has 0 saturated carbocycles. The predicted octanol–water partition coefficient (Wildman–Crippen LogP) is 5.20. The Hall–Kier alpha value is -1.32. The second kappa shape index (κ2) is 13.0. The number of carbonyl (C=O) groups excluding carboxylic acids is 2. The van der Waals surface area contributed by atoms with Crippen molar-refractivity contribution in [3.05, 3.63) is 12.2 Å². The van der Waals surface area contributed by atoms with Gasteiger partial charge in [-0.3, -0.25) is 0 Å². The Morgan fingerprint density at radius 2 is 1.38 bits per heavy atom. The van der Waals surface area contributed by atoms with Crippen LogP contribution in [0.1, 0.15) is 86.0 Å². The largest absolute Gasteiger partial charge is 0.463 e. The van der Waals surface area contributed by atoms with E-state index < -0.39 is 11.9 Å². The van der Waals surface area contributed by atoms with Crippen LogP contribution < -0.4 is 0 Å². The fourth-order valence-electron chi connectivity index (χ4n) is 1.98. The monoisotopic (exact) mass is 340 g/mol. The maximum absolute atomic E-state index is 11.6. The third kappa shape index (κ3) is 13.1. The van der Waals surface area contributed by atoms with E-state index in [2.05, 4.69) is 6.92 Å².